The average molecular weight is 356 g/mol. The molecular weight excluding hydrogens is 334 g/mol. The van der Waals surface area contributed by atoms with E-state index in [4.69, 9.17) is 0 Å². The molecular formula is C20H22F2N4. The van der Waals surface area contributed by atoms with Gasteiger partial charge in [0.05, 0.1) is 6.20 Å². The number of hydrogen-bond acceptors (Lipinski definition) is 4. The Balaban J connectivity index is 1.95. The first-order chi connectivity index (χ1) is 12.6. The highest BCUT2D eigenvalue weighted by Crippen LogP contribution is 2.27. The Hall–Kier alpha value is -2.60. The first-order valence-corrected chi connectivity index (χ1v) is 8.68. The van der Waals surface area contributed by atoms with E-state index < -0.39 is 11.6 Å². The predicted octanol–water partition coefficient (Wildman–Crippen LogP) is 4.09. The number of allylic oxidation sites excluding steroid dienone is 2. The minimum Gasteiger partial charge on any atom is -0.351 e. The van der Waals surface area contributed by atoms with Gasteiger partial charge in [-0.3, -0.25) is 0 Å². The molecule has 0 atom stereocenters. The van der Waals surface area contributed by atoms with Gasteiger partial charge in [0, 0.05) is 11.6 Å². The highest BCUT2D eigenvalue weighted by Gasteiger charge is 2.17. The van der Waals surface area contributed by atoms with E-state index in [0.29, 0.717) is 22.6 Å². The summed E-state index contributed by atoms with van der Waals surface area (Å²) >= 11 is 0. The average Bonchev–Trinajstić information content (AvgIpc) is 2.65. The molecule has 1 aliphatic rings. The zero-order chi connectivity index (χ0) is 18.5. The van der Waals surface area contributed by atoms with Gasteiger partial charge in [-0.05, 0) is 56.1 Å². The minimum atomic E-state index is -0.581. The summed E-state index contributed by atoms with van der Waals surface area (Å²) < 4.78 is 28.6. The summed E-state index contributed by atoms with van der Waals surface area (Å²) in [5.74, 6) is -0.627. The lowest BCUT2D eigenvalue weighted by atomic mass is 10.0. The third kappa shape index (κ3) is 4.14. The maximum Gasteiger partial charge on any atom is 0.223 e. The zero-order valence-corrected chi connectivity index (χ0v) is 14.7. The van der Waals surface area contributed by atoms with Crippen LogP contribution in [0.15, 0.2) is 37.1 Å². The van der Waals surface area contributed by atoms with Gasteiger partial charge < -0.3 is 10.6 Å². The quantitative estimate of drug-likeness (QED) is 0.792. The number of anilines is 1. The molecule has 0 bridgehead atoms. The number of halogens is 2. The fourth-order valence-corrected chi connectivity index (χ4v) is 2.97. The molecule has 136 valence electrons. The van der Waals surface area contributed by atoms with Gasteiger partial charge in [-0.2, -0.15) is 0 Å². The van der Waals surface area contributed by atoms with Crippen LogP contribution in [-0.2, 0) is 0 Å². The van der Waals surface area contributed by atoms with Crippen LogP contribution < -0.4 is 10.6 Å². The highest BCUT2D eigenvalue weighted by atomic mass is 19.1. The van der Waals surface area contributed by atoms with E-state index in [-0.39, 0.29) is 11.7 Å². The topological polar surface area (TPSA) is 49.8 Å². The molecule has 2 aromatic rings. The number of nitrogens with zero attached hydrogens (tertiary/aromatic N) is 2. The second-order valence-electron chi connectivity index (χ2n) is 6.33. The van der Waals surface area contributed by atoms with E-state index >= 15 is 0 Å². The molecule has 4 nitrogen and oxygen atoms in total. The third-order valence-electron chi connectivity index (χ3n) is 4.49. The molecule has 2 N–H and O–H groups in total. The lowest BCUT2D eigenvalue weighted by Crippen LogP contribution is -2.35. The van der Waals surface area contributed by atoms with Crippen LogP contribution in [-0.4, -0.2) is 29.1 Å². The van der Waals surface area contributed by atoms with Crippen LogP contribution in [0.3, 0.4) is 0 Å². The fourth-order valence-electron chi connectivity index (χ4n) is 2.97. The molecule has 0 amide bonds. The molecule has 1 fully saturated rings. The van der Waals surface area contributed by atoms with Gasteiger partial charge in [-0.1, -0.05) is 24.8 Å². The van der Waals surface area contributed by atoms with Crippen LogP contribution in [0.4, 0.5) is 14.7 Å². The summed E-state index contributed by atoms with van der Waals surface area (Å²) in [6.07, 6.45) is 8.09. The van der Waals surface area contributed by atoms with Gasteiger partial charge in [0.25, 0.3) is 0 Å². The van der Waals surface area contributed by atoms with E-state index in [0.717, 1.165) is 32.1 Å². The van der Waals surface area contributed by atoms with Gasteiger partial charge >= 0.3 is 0 Å². The molecule has 0 radical (unpaired) electrons. The molecule has 1 saturated heterocycles. The Morgan fingerprint density at radius 1 is 1.23 bits per heavy atom. The zero-order valence-electron chi connectivity index (χ0n) is 14.7. The predicted molar refractivity (Wildman–Crippen MR) is 101 cm³/mol. The van der Waals surface area contributed by atoms with E-state index in [1.807, 2.05) is 0 Å². The van der Waals surface area contributed by atoms with Crippen molar-refractivity contribution in [3.63, 3.8) is 0 Å². The second-order valence-corrected chi connectivity index (χ2v) is 6.33. The monoisotopic (exact) mass is 356 g/mol. The van der Waals surface area contributed by atoms with Gasteiger partial charge in [-0.15, -0.1) is 0 Å². The van der Waals surface area contributed by atoms with Crippen molar-refractivity contribution < 1.29 is 8.78 Å². The maximum atomic E-state index is 14.3. The van der Waals surface area contributed by atoms with Gasteiger partial charge in [0.15, 0.2) is 5.82 Å². The van der Waals surface area contributed by atoms with E-state index in [9.17, 15) is 8.78 Å². The number of rotatable bonds is 5. The largest absolute Gasteiger partial charge is 0.351 e. The van der Waals surface area contributed by atoms with Crippen LogP contribution in [0.5, 0.6) is 0 Å². The first-order valence-electron chi connectivity index (χ1n) is 8.68. The van der Waals surface area contributed by atoms with Crippen molar-refractivity contribution in [1.82, 2.24) is 15.3 Å². The Kier molecular flexibility index (Phi) is 5.73. The van der Waals surface area contributed by atoms with Gasteiger partial charge in [0.1, 0.15) is 11.5 Å². The molecule has 1 aromatic heterocycles. The van der Waals surface area contributed by atoms with Crippen molar-refractivity contribution in [2.24, 2.45) is 0 Å². The molecule has 3 rings (SSSR count). The standard InChI is InChI=1S/C20H22F2N4/c1-3-4-5-14-10-15(11-17(21)13(14)2)19-18(22)12-24-20(26-19)25-16-6-8-23-9-7-16/h3-5,10-12,16,23H,1,6-9H2,2H3,(H,24,25,26)/b5-4-. The third-order valence-corrected chi connectivity index (χ3v) is 4.49. The smallest absolute Gasteiger partial charge is 0.223 e. The van der Waals surface area contributed by atoms with Crippen molar-refractivity contribution >= 4 is 12.0 Å². The Morgan fingerprint density at radius 3 is 2.73 bits per heavy atom. The SMILES string of the molecule is C=C/C=C\c1cc(-c2nc(NC3CCNCC3)ncc2F)cc(F)c1C. The van der Waals surface area contributed by atoms with Crippen LogP contribution >= 0.6 is 0 Å². The molecule has 0 aliphatic carbocycles. The van der Waals surface area contributed by atoms with Crippen molar-refractivity contribution in [3.05, 3.63) is 59.8 Å². The lowest BCUT2D eigenvalue weighted by Gasteiger charge is -2.23. The van der Waals surface area contributed by atoms with Crippen molar-refractivity contribution in [2.75, 3.05) is 18.4 Å². The molecule has 6 heteroatoms. The number of nitrogens with one attached hydrogen (secondary N) is 2. The summed E-state index contributed by atoms with van der Waals surface area (Å²) in [4.78, 5) is 8.33. The van der Waals surface area contributed by atoms with Crippen LogP contribution in [0.2, 0.25) is 0 Å². The molecule has 0 saturated carbocycles. The van der Waals surface area contributed by atoms with E-state index in [1.165, 1.54) is 6.07 Å². The molecule has 0 spiro atoms. The van der Waals surface area contributed by atoms with Crippen molar-refractivity contribution in [1.29, 1.82) is 0 Å². The number of piperidine rings is 1. The van der Waals surface area contributed by atoms with Gasteiger partial charge in [-0.25, -0.2) is 18.7 Å². The molecule has 1 aromatic carbocycles. The summed E-state index contributed by atoms with van der Waals surface area (Å²) in [6, 6.07) is 3.27. The number of hydrogen-bond donors (Lipinski definition) is 2. The number of benzene rings is 1. The van der Waals surface area contributed by atoms with Crippen molar-refractivity contribution in [2.45, 2.75) is 25.8 Å². The highest BCUT2D eigenvalue weighted by molar-refractivity contribution is 5.68. The lowest BCUT2D eigenvalue weighted by molar-refractivity contribution is 0.477. The summed E-state index contributed by atoms with van der Waals surface area (Å²) in [7, 11) is 0. The molecule has 26 heavy (non-hydrogen) atoms. The molecule has 2 heterocycles. The Bertz CT molecular complexity index is 827. The summed E-state index contributed by atoms with van der Waals surface area (Å²) in [5, 5.41) is 6.53. The fraction of sp³-hybridized carbons (Fsp3) is 0.300. The van der Waals surface area contributed by atoms with Crippen LogP contribution in [0.25, 0.3) is 17.3 Å². The summed E-state index contributed by atoms with van der Waals surface area (Å²) in [6.45, 7) is 7.15. The molecule has 0 unspecified atom stereocenters. The Labute approximate surface area is 152 Å². The maximum absolute atomic E-state index is 14.3. The molecule has 1 aliphatic heterocycles. The number of aromatic nitrogens is 2. The van der Waals surface area contributed by atoms with E-state index in [1.54, 1.807) is 31.2 Å². The van der Waals surface area contributed by atoms with Crippen molar-refractivity contribution in [3.8, 4) is 11.3 Å². The summed E-state index contributed by atoms with van der Waals surface area (Å²) in [5.41, 5.74) is 1.62. The van der Waals surface area contributed by atoms with Crippen LogP contribution in [0, 0.1) is 18.6 Å². The van der Waals surface area contributed by atoms with Crippen LogP contribution in [0.1, 0.15) is 24.0 Å². The van der Waals surface area contributed by atoms with E-state index in [2.05, 4.69) is 27.2 Å². The second kappa shape index (κ2) is 8.19. The minimum absolute atomic E-state index is 0.0867. The van der Waals surface area contributed by atoms with Gasteiger partial charge in [0.2, 0.25) is 5.95 Å². The first kappa shape index (κ1) is 18.2. The Morgan fingerprint density at radius 2 is 2.00 bits per heavy atom. The normalized spacial score (nSPS) is 15.3.